The molecule has 0 bridgehead atoms. The normalized spacial score (nSPS) is 10.8. The Bertz CT molecular complexity index is 1350. The van der Waals surface area contributed by atoms with E-state index < -0.39 is 5.91 Å². The van der Waals surface area contributed by atoms with Gasteiger partial charge >= 0.3 is 0 Å². The summed E-state index contributed by atoms with van der Waals surface area (Å²) in [5.41, 5.74) is 3.66. The van der Waals surface area contributed by atoms with Crippen molar-refractivity contribution in [2.45, 2.75) is 20.4 Å². The summed E-state index contributed by atoms with van der Waals surface area (Å²) in [6, 6.07) is 19.5. The highest BCUT2D eigenvalue weighted by Gasteiger charge is 2.21. The van der Waals surface area contributed by atoms with Gasteiger partial charge in [0.15, 0.2) is 5.78 Å². The number of aromatic nitrogens is 2. The van der Waals surface area contributed by atoms with Gasteiger partial charge in [0.2, 0.25) is 0 Å². The molecule has 0 radical (unpaired) electrons. The topological polar surface area (TPSA) is 64.0 Å². The van der Waals surface area contributed by atoms with Crippen molar-refractivity contribution in [2.24, 2.45) is 0 Å². The summed E-state index contributed by atoms with van der Waals surface area (Å²) in [5, 5.41) is 7.92. The fourth-order valence-corrected chi connectivity index (χ4v) is 3.78. The van der Waals surface area contributed by atoms with E-state index in [1.54, 1.807) is 66.2 Å². The molecule has 4 rings (SSSR count). The highest BCUT2D eigenvalue weighted by atomic mass is 35.5. The first-order chi connectivity index (χ1) is 15.8. The van der Waals surface area contributed by atoms with E-state index in [2.05, 4.69) is 10.4 Å². The summed E-state index contributed by atoms with van der Waals surface area (Å²) in [6.45, 7) is 3.99. The molecule has 4 aromatic rings. The Kier molecular flexibility index (Phi) is 6.38. The molecular formula is C26H21ClFN3O2. The van der Waals surface area contributed by atoms with Gasteiger partial charge in [0.1, 0.15) is 5.82 Å². The molecule has 7 heteroatoms. The van der Waals surface area contributed by atoms with E-state index in [9.17, 15) is 14.0 Å². The van der Waals surface area contributed by atoms with Crippen LogP contribution in [0.3, 0.4) is 0 Å². The predicted octanol–water partition coefficient (Wildman–Crippen LogP) is 5.82. The minimum Gasteiger partial charge on any atom is -0.319 e. The average molecular weight is 462 g/mol. The third kappa shape index (κ3) is 4.86. The Morgan fingerprint density at radius 1 is 0.970 bits per heavy atom. The largest absolute Gasteiger partial charge is 0.319 e. The van der Waals surface area contributed by atoms with Crippen LogP contribution < -0.4 is 5.32 Å². The van der Waals surface area contributed by atoms with E-state index >= 15 is 0 Å². The molecule has 0 spiro atoms. The Morgan fingerprint density at radius 2 is 1.67 bits per heavy atom. The zero-order chi connectivity index (χ0) is 23.5. The molecule has 0 aliphatic heterocycles. The van der Waals surface area contributed by atoms with Crippen LogP contribution in [0.15, 0.2) is 72.8 Å². The van der Waals surface area contributed by atoms with Crippen molar-refractivity contribution in [3.05, 3.63) is 117 Å². The first-order valence-electron chi connectivity index (χ1n) is 10.3. The summed E-state index contributed by atoms with van der Waals surface area (Å²) in [5.74, 6) is -0.999. The van der Waals surface area contributed by atoms with Crippen molar-refractivity contribution in [3.63, 3.8) is 0 Å². The van der Waals surface area contributed by atoms with Gasteiger partial charge in [-0.3, -0.25) is 14.3 Å². The van der Waals surface area contributed by atoms with E-state index in [-0.39, 0.29) is 17.2 Å². The molecule has 3 aromatic carbocycles. The van der Waals surface area contributed by atoms with Crippen LogP contribution in [0.5, 0.6) is 0 Å². The lowest BCUT2D eigenvalue weighted by Crippen LogP contribution is -2.17. The lowest BCUT2D eigenvalue weighted by atomic mass is 9.98. The smallest absolute Gasteiger partial charge is 0.256 e. The first-order valence-corrected chi connectivity index (χ1v) is 10.7. The van der Waals surface area contributed by atoms with Gasteiger partial charge in [-0.05, 0) is 61.9 Å². The average Bonchev–Trinajstić information content (AvgIpc) is 3.06. The van der Waals surface area contributed by atoms with Gasteiger partial charge in [-0.2, -0.15) is 5.10 Å². The van der Waals surface area contributed by atoms with Crippen LogP contribution in [-0.4, -0.2) is 21.5 Å². The van der Waals surface area contributed by atoms with Gasteiger partial charge < -0.3 is 5.32 Å². The van der Waals surface area contributed by atoms with Crippen LogP contribution in [0.2, 0.25) is 5.02 Å². The van der Waals surface area contributed by atoms with E-state index in [4.69, 9.17) is 11.6 Å². The van der Waals surface area contributed by atoms with Gasteiger partial charge in [-0.15, -0.1) is 0 Å². The number of anilines is 1. The lowest BCUT2D eigenvalue weighted by molar-refractivity contribution is 0.0996. The Hall–Kier alpha value is -3.77. The maximum Gasteiger partial charge on any atom is 0.256 e. The van der Waals surface area contributed by atoms with Crippen LogP contribution >= 0.6 is 11.6 Å². The molecule has 1 heterocycles. The summed E-state index contributed by atoms with van der Waals surface area (Å²) >= 11 is 5.92. The summed E-state index contributed by atoms with van der Waals surface area (Å²) in [7, 11) is 0. The molecule has 1 amide bonds. The number of nitrogens with zero attached hydrogens (tertiary/aromatic N) is 2. The summed E-state index contributed by atoms with van der Waals surface area (Å²) in [4.78, 5) is 26.2. The second-order valence-corrected chi connectivity index (χ2v) is 8.11. The van der Waals surface area contributed by atoms with Crippen molar-refractivity contribution >= 4 is 29.0 Å². The number of aryl methyl sites for hydroxylation is 1. The van der Waals surface area contributed by atoms with Gasteiger partial charge in [-0.1, -0.05) is 41.9 Å². The van der Waals surface area contributed by atoms with Crippen molar-refractivity contribution in [1.82, 2.24) is 9.78 Å². The highest BCUT2D eigenvalue weighted by Crippen LogP contribution is 2.23. The van der Waals surface area contributed by atoms with Crippen molar-refractivity contribution in [3.8, 4) is 0 Å². The number of halogens is 2. The van der Waals surface area contributed by atoms with Crippen LogP contribution in [0.1, 0.15) is 43.2 Å². The number of rotatable bonds is 6. The van der Waals surface area contributed by atoms with Gasteiger partial charge in [0.25, 0.3) is 5.91 Å². The standard InChI is InChI=1S/C26H21ClFN3O2/c1-16-24(17(2)31(30-16)15-18-6-5-7-21(28)14-18)29-26(33)23-9-4-3-8-22(23)25(32)19-10-12-20(27)13-11-19/h3-14H,15H2,1-2H3,(H,29,33). The van der Waals surface area contributed by atoms with E-state index in [0.717, 1.165) is 11.3 Å². The molecule has 0 aliphatic carbocycles. The predicted molar refractivity (Wildman–Crippen MR) is 126 cm³/mol. The van der Waals surface area contributed by atoms with Crippen molar-refractivity contribution in [2.75, 3.05) is 5.32 Å². The molecule has 0 aliphatic rings. The number of benzene rings is 3. The Labute approximate surface area is 195 Å². The quantitative estimate of drug-likeness (QED) is 0.368. The molecular weight excluding hydrogens is 441 g/mol. The van der Waals surface area contributed by atoms with Crippen LogP contribution in [-0.2, 0) is 6.54 Å². The van der Waals surface area contributed by atoms with Gasteiger partial charge in [0, 0.05) is 16.1 Å². The summed E-state index contributed by atoms with van der Waals surface area (Å²) in [6.07, 6.45) is 0. The molecule has 33 heavy (non-hydrogen) atoms. The Morgan fingerprint density at radius 3 is 2.36 bits per heavy atom. The first kappa shape index (κ1) is 22.4. The maximum absolute atomic E-state index is 13.5. The zero-order valence-electron chi connectivity index (χ0n) is 18.1. The van der Waals surface area contributed by atoms with Crippen molar-refractivity contribution in [1.29, 1.82) is 0 Å². The molecule has 0 saturated carbocycles. The number of nitrogens with one attached hydrogen (secondary N) is 1. The molecule has 1 N–H and O–H groups in total. The second kappa shape index (κ2) is 9.38. The third-order valence-electron chi connectivity index (χ3n) is 5.36. The fourth-order valence-electron chi connectivity index (χ4n) is 3.66. The van der Waals surface area contributed by atoms with Crippen LogP contribution in [0.25, 0.3) is 0 Å². The number of ketones is 1. The highest BCUT2D eigenvalue weighted by molar-refractivity contribution is 6.30. The fraction of sp³-hybridized carbons (Fsp3) is 0.115. The van der Waals surface area contributed by atoms with Gasteiger partial charge in [0.05, 0.1) is 29.2 Å². The number of amides is 1. The van der Waals surface area contributed by atoms with E-state index in [0.29, 0.717) is 34.1 Å². The van der Waals surface area contributed by atoms with E-state index in [1.807, 2.05) is 13.0 Å². The number of carbonyl (C=O) groups is 2. The molecule has 166 valence electrons. The number of carbonyl (C=O) groups excluding carboxylic acids is 2. The van der Waals surface area contributed by atoms with Crippen LogP contribution in [0.4, 0.5) is 10.1 Å². The molecule has 0 unspecified atom stereocenters. The maximum atomic E-state index is 13.5. The number of hydrogen-bond donors (Lipinski definition) is 1. The molecule has 5 nitrogen and oxygen atoms in total. The molecule has 0 fully saturated rings. The monoisotopic (exact) mass is 461 g/mol. The van der Waals surface area contributed by atoms with Crippen molar-refractivity contribution < 1.29 is 14.0 Å². The second-order valence-electron chi connectivity index (χ2n) is 7.67. The lowest BCUT2D eigenvalue weighted by Gasteiger charge is -2.11. The number of hydrogen-bond acceptors (Lipinski definition) is 3. The molecule has 1 aromatic heterocycles. The van der Waals surface area contributed by atoms with E-state index in [1.165, 1.54) is 12.1 Å². The zero-order valence-corrected chi connectivity index (χ0v) is 18.9. The molecule has 0 saturated heterocycles. The third-order valence-corrected chi connectivity index (χ3v) is 5.62. The SMILES string of the molecule is Cc1nn(Cc2cccc(F)c2)c(C)c1NC(=O)c1ccccc1C(=O)c1ccc(Cl)cc1. The van der Waals surface area contributed by atoms with Gasteiger partial charge in [-0.25, -0.2) is 4.39 Å². The molecule has 0 atom stereocenters. The minimum atomic E-state index is -0.413. The Balaban J connectivity index is 1.60. The minimum absolute atomic E-state index is 0.258. The van der Waals surface area contributed by atoms with Crippen LogP contribution in [0, 0.1) is 19.7 Å². The summed E-state index contributed by atoms with van der Waals surface area (Å²) < 4.78 is 15.3.